The average molecular weight is 508 g/mol. The van der Waals surface area contributed by atoms with E-state index in [4.69, 9.17) is 15.2 Å². The van der Waals surface area contributed by atoms with Gasteiger partial charge in [-0.25, -0.2) is 8.42 Å². The molecular formula is C28H29NO6S. The zero-order valence-electron chi connectivity index (χ0n) is 19.9. The Labute approximate surface area is 211 Å². The van der Waals surface area contributed by atoms with Crippen LogP contribution in [0.1, 0.15) is 36.0 Å². The van der Waals surface area contributed by atoms with Crippen LogP contribution in [0.25, 0.3) is 11.1 Å². The first kappa shape index (κ1) is 25.6. The normalized spacial score (nSPS) is 15.2. The van der Waals surface area contributed by atoms with Crippen LogP contribution in [0, 0.1) is 0 Å². The molecule has 0 atom stereocenters. The molecule has 8 heteroatoms. The predicted molar refractivity (Wildman–Crippen MR) is 137 cm³/mol. The summed E-state index contributed by atoms with van der Waals surface area (Å²) in [7, 11) is -3.99. The van der Waals surface area contributed by atoms with Gasteiger partial charge in [-0.2, -0.15) is 0 Å². The first-order valence-corrected chi connectivity index (χ1v) is 13.4. The molecule has 0 aromatic heterocycles. The van der Waals surface area contributed by atoms with Crippen LogP contribution >= 0.6 is 0 Å². The van der Waals surface area contributed by atoms with Crippen LogP contribution in [-0.4, -0.2) is 44.7 Å². The minimum atomic E-state index is -3.99. The van der Waals surface area contributed by atoms with Gasteiger partial charge in [0, 0.05) is 25.2 Å². The molecule has 1 aliphatic heterocycles. The highest BCUT2D eigenvalue weighted by molar-refractivity contribution is 7.93. The van der Waals surface area contributed by atoms with E-state index < -0.39 is 20.5 Å². The van der Waals surface area contributed by atoms with Crippen molar-refractivity contribution >= 4 is 21.5 Å². The molecule has 0 bridgehead atoms. The van der Waals surface area contributed by atoms with Crippen LogP contribution in [0.5, 0.6) is 5.75 Å². The topological polar surface area (TPSA) is 113 Å². The summed E-state index contributed by atoms with van der Waals surface area (Å²) >= 11 is 0. The van der Waals surface area contributed by atoms with E-state index in [2.05, 4.69) is 0 Å². The zero-order chi connectivity index (χ0) is 25.6. The molecule has 188 valence electrons. The molecule has 1 amide bonds. The minimum Gasteiger partial charge on any atom is -0.494 e. The second-order valence-electron chi connectivity index (χ2n) is 8.73. The number of sulfone groups is 1. The van der Waals surface area contributed by atoms with Gasteiger partial charge in [0.05, 0.1) is 11.5 Å². The van der Waals surface area contributed by atoms with Gasteiger partial charge in [-0.15, -0.1) is 0 Å². The molecular weight excluding hydrogens is 478 g/mol. The van der Waals surface area contributed by atoms with E-state index >= 15 is 0 Å². The van der Waals surface area contributed by atoms with Crippen molar-refractivity contribution in [3.63, 3.8) is 0 Å². The summed E-state index contributed by atoms with van der Waals surface area (Å²) < 4.78 is 35.8. The largest absolute Gasteiger partial charge is 0.494 e. The fourth-order valence-electron chi connectivity index (χ4n) is 4.44. The molecule has 2 N–H and O–H groups in total. The summed E-state index contributed by atoms with van der Waals surface area (Å²) in [6.45, 7) is 0.629. The first-order chi connectivity index (χ1) is 17.3. The summed E-state index contributed by atoms with van der Waals surface area (Å²) in [5.74, 6) is -0.344. The molecule has 36 heavy (non-hydrogen) atoms. The maximum absolute atomic E-state index is 13.2. The lowest BCUT2D eigenvalue weighted by molar-refractivity contribution is -0.122. The molecule has 7 nitrogen and oxygen atoms in total. The summed E-state index contributed by atoms with van der Waals surface area (Å²) in [4.78, 5) is 25.0. The Kier molecular flexibility index (Phi) is 7.86. The maximum atomic E-state index is 13.2. The second kappa shape index (κ2) is 11.1. The van der Waals surface area contributed by atoms with Crippen molar-refractivity contribution in [1.29, 1.82) is 0 Å². The Balaban J connectivity index is 1.36. The van der Waals surface area contributed by atoms with E-state index in [0.29, 0.717) is 30.8 Å². The van der Waals surface area contributed by atoms with Gasteiger partial charge in [-0.3, -0.25) is 9.59 Å². The number of hydrogen-bond donors (Lipinski definition) is 1. The highest BCUT2D eigenvalue weighted by Gasteiger charge is 2.51. The van der Waals surface area contributed by atoms with E-state index in [1.807, 2.05) is 54.6 Å². The van der Waals surface area contributed by atoms with Gasteiger partial charge >= 0.3 is 0 Å². The highest BCUT2D eigenvalue weighted by Crippen LogP contribution is 2.35. The summed E-state index contributed by atoms with van der Waals surface area (Å²) in [5, 5.41) is 0. The van der Waals surface area contributed by atoms with E-state index in [-0.39, 0.29) is 36.7 Å². The van der Waals surface area contributed by atoms with Gasteiger partial charge in [-0.1, -0.05) is 54.6 Å². The number of amides is 1. The first-order valence-electron chi connectivity index (χ1n) is 11.9. The van der Waals surface area contributed by atoms with E-state index in [0.717, 1.165) is 11.1 Å². The lowest BCUT2D eigenvalue weighted by Gasteiger charge is -2.33. The van der Waals surface area contributed by atoms with Gasteiger partial charge in [0.2, 0.25) is 5.91 Å². The molecule has 1 saturated heterocycles. The average Bonchev–Trinajstić information content (AvgIpc) is 2.92. The molecule has 0 radical (unpaired) electrons. The van der Waals surface area contributed by atoms with Gasteiger partial charge in [0.15, 0.2) is 20.4 Å². The Morgan fingerprint density at radius 2 is 1.53 bits per heavy atom. The van der Waals surface area contributed by atoms with E-state index in [1.54, 1.807) is 12.1 Å². The number of carbonyl (C=O) groups is 2. The molecule has 1 aliphatic rings. The second-order valence-corrected chi connectivity index (χ2v) is 11.0. The fourth-order valence-corrected chi connectivity index (χ4v) is 6.36. The molecule has 0 aliphatic carbocycles. The van der Waals surface area contributed by atoms with Crippen molar-refractivity contribution < 1.29 is 27.5 Å². The van der Waals surface area contributed by atoms with Crippen LogP contribution in [0.2, 0.25) is 0 Å². The highest BCUT2D eigenvalue weighted by atomic mass is 32.2. The smallest absolute Gasteiger partial charge is 0.239 e. The number of ketones is 1. The van der Waals surface area contributed by atoms with Crippen LogP contribution < -0.4 is 10.5 Å². The van der Waals surface area contributed by atoms with Crippen LogP contribution in [0.15, 0.2) is 83.8 Å². The maximum Gasteiger partial charge on any atom is 0.239 e. The van der Waals surface area contributed by atoms with Crippen molar-refractivity contribution in [2.45, 2.75) is 35.3 Å². The van der Waals surface area contributed by atoms with Crippen molar-refractivity contribution in [3.8, 4) is 16.9 Å². The Morgan fingerprint density at radius 1 is 0.889 bits per heavy atom. The number of primary amides is 1. The summed E-state index contributed by atoms with van der Waals surface area (Å²) in [6.07, 6.45) is 0.890. The molecule has 0 spiro atoms. The summed E-state index contributed by atoms with van der Waals surface area (Å²) in [6, 6.07) is 23.3. The number of benzene rings is 3. The number of nitrogens with two attached hydrogens (primary N) is 1. The van der Waals surface area contributed by atoms with Crippen molar-refractivity contribution in [1.82, 2.24) is 0 Å². The van der Waals surface area contributed by atoms with Crippen LogP contribution in [0.4, 0.5) is 0 Å². The van der Waals surface area contributed by atoms with E-state index in [9.17, 15) is 18.0 Å². The lowest BCUT2D eigenvalue weighted by Crippen LogP contribution is -2.53. The standard InChI is InChI=1S/C28H29NO6S/c29-27(31)28(16-19-34-20-17-28)36(32,33)23-14-12-22(13-15-23)35-18-6-11-26(30)25-10-5-4-9-24(25)21-7-2-1-3-8-21/h1-5,7-10,12-15H,6,11,16-20H2,(H2,29,31). The third kappa shape index (κ3) is 5.20. The molecule has 1 fully saturated rings. The lowest BCUT2D eigenvalue weighted by atomic mass is 9.95. The molecule has 0 unspecified atom stereocenters. The zero-order valence-corrected chi connectivity index (χ0v) is 20.7. The van der Waals surface area contributed by atoms with Gasteiger partial charge in [0.1, 0.15) is 5.75 Å². The Hall–Kier alpha value is -3.49. The Morgan fingerprint density at radius 3 is 2.19 bits per heavy atom. The predicted octanol–water partition coefficient (Wildman–Crippen LogP) is 4.20. The van der Waals surface area contributed by atoms with Crippen molar-refractivity contribution in [2.24, 2.45) is 5.73 Å². The quantitative estimate of drug-likeness (QED) is 0.325. The molecule has 3 aromatic rings. The van der Waals surface area contributed by atoms with Crippen molar-refractivity contribution in [3.05, 3.63) is 84.4 Å². The number of rotatable bonds is 10. The van der Waals surface area contributed by atoms with E-state index in [1.165, 1.54) is 12.1 Å². The fraction of sp³-hybridized carbons (Fsp3) is 0.286. The molecule has 0 saturated carbocycles. The third-order valence-electron chi connectivity index (χ3n) is 6.53. The van der Waals surface area contributed by atoms with Gasteiger partial charge in [0.25, 0.3) is 0 Å². The van der Waals surface area contributed by atoms with Crippen molar-refractivity contribution in [2.75, 3.05) is 19.8 Å². The molecule has 3 aromatic carbocycles. The summed E-state index contributed by atoms with van der Waals surface area (Å²) in [5.41, 5.74) is 8.09. The number of ether oxygens (including phenoxy) is 2. The number of carbonyl (C=O) groups excluding carboxylic acids is 2. The minimum absolute atomic E-state index is 0.0169. The third-order valence-corrected chi connectivity index (χ3v) is 9.06. The van der Waals surface area contributed by atoms with Crippen LogP contribution in [-0.2, 0) is 19.4 Å². The monoisotopic (exact) mass is 507 g/mol. The number of Topliss-reactive ketones (excluding diaryl/α,β-unsaturated/α-hetero) is 1. The molecule has 4 rings (SSSR count). The van der Waals surface area contributed by atoms with Gasteiger partial charge in [-0.05, 0) is 54.7 Å². The molecule has 1 heterocycles. The number of hydrogen-bond acceptors (Lipinski definition) is 6. The van der Waals surface area contributed by atoms with Gasteiger partial charge < -0.3 is 15.2 Å². The SMILES string of the molecule is NC(=O)C1(S(=O)(=O)c2ccc(OCCCC(=O)c3ccccc3-c3ccccc3)cc2)CCOCC1. The Bertz CT molecular complexity index is 1310. The van der Waals surface area contributed by atoms with Crippen LogP contribution in [0.3, 0.4) is 0 Å².